The van der Waals surface area contributed by atoms with Gasteiger partial charge in [-0.3, -0.25) is 9.59 Å². The van der Waals surface area contributed by atoms with Crippen molar-refractivity contribution in [2.45, 2.75) is 26.9 Å². The molecule has 0 unspecified atom stereocenters. The molecule has 0 radical (unpaired) electrons. The van der Waals surface area contributed by atoms with E-state index in [-0.39, 0.29) is 23.0 Å². The van der Waals surface area contributed by atoms with Crippen LogP contribution in [-0.4, -0.2) is 42.1 Å². The third-order valence-corrected chi connectivity index (χ3v) is 2.51. The number of ether oxygens (including phenoxy) is 1. The van der Waals surface area contributed by atoms with Gasteiger partial charge >= 0.3 is 0 Å². The van der Waals surface area contributed by atoms with E-state index in [0.717, 1.165) is 5.69 Å². The molecule has 1 rings (SSSR count). The van der Waals surface area contributed by atoms with Crippen LogP contribution in [0.1, 0.15) is 29.9 Å². The van der Waals surface area contributed by atoms with Gasteiger partial charge in [0.05, 0.1) is 12.7 Å². The van der Waals surface area contributed by atoms with Gasteiger partial charge in [0.25, 0.3) is 5.91 Å². The van der Waals surface area contributed by atoms with Gasteiger partial charge in [-0.2, -0.15) is 0 Å². The Hall–Kier alpha value is -1.62. The van der Waals surface area contributed by atoms with Gasteiger partial charge in [-0.1, -0.05) is 0 Å². The molecule has 0 bridgehead atoms. The predicted molar refractivity (Wildman–Crippen MR) is 69.8 cm³/mol. The Balaban J connectivity index is 2.66. The average Bonchev–Trinajstić information content (AvgIpc) is 2.27. The second kappa shape index (κ2) is 6.35. The lowest BCUT2D eigenvalue weighted by Gasteiger charge is -2.17. The van der Waals surface area contributed by atoms with Crippen LogP contribution in [0.4, 0.5) is 0 Å². The fourth-order valence-electron chi connectivity index (χ4n) is 1.47. The number of hydrogen-bond acceptors (Lipinski definition) is 3. The van der Waals surface area contributed by atoms with Crippen molar-refractivity contribution in [2.24, 2.45) is 0 Å². The van der Waals surface area contributed by atoms with E-state index in [1.807, 2.05) is 13.8 Å². The van der Waals surface area contributed by atoms with E-state index in [4.69, 9.17) is 4.74 Å². The molecule has 0 atom stereocenters. The van der Waals surface area contributed by atoms with Crippen molar-refractivity contribution >= 4 is 5.91 Å². The standard InChI is InChI=1S/C13H20N2O3/c1-9(2)18-6-5-15(4)13(17)11-8-14-10(3)7-12(11)16/h7-9H,5-6H2,1-4H3,(H,14,16). The minimum atomic E-state index is -0.288. The van der Waals surface area contributed by atoms with Gasteiger partial charge in [0, 0.05) is 31.5 Å². The Bertz CT molecular complexity index is 466. The lowest BCUT2D eigenvalue weighted by Crippen LogP contribution is -2.33. The number of pyridine rings is 1. The third kappa shape index (κ3) is 4.00. The maximum Gasteiger partial charge on any atom is 0.259 e. The SMILES string of the molecule is Cc1cc(=O)c(C(=O)N(C)CCOC(C)C)c[nH]1. The molecule has 5 nitrogen and oxygen atoms in total. The van der Waals surface area contributed by atoms with Crippen LogP contribution in [0.3, 0.4) is 0 Å². The molecule has 5 heteroatoms. The topological polar surface area (TPSA) is 62.4 Å². The number of rotatable bonds is 5. The van der Waals surface area contributed by atoms with E-state index >= 15 is 0 Å². The minimum absolute atomic E-state index is 0.135. The number of carbonyl (C=O) groups excluding carboxylic acids is 1. The Labute approximate surface area is 107 Å². The average molecular weight is 252 g/mol. The van der Waals surface area contributed by atoms with Crippen molar-refractivity contribution in [2.75, 3.05) is 20.2 Å². The van der Waals surface area contributed by atoms with Crippen molar-refractivity contribution in [1.82, 2.24) is 9.88 Å². The number of hydrogen-bond donors (Lipinski definition) is 1. The molecule has 1 aromatic heterocycles. The van der Waals surface area contributed by atoms with Gasteiger partial charge in [0.15, 0.2) is 5.43 Å². The molecule has 100 valence electrons. The van der Waals surface area contributed by atoms with E-state index in [0.29, 0.717) is 13.2 Å². The predicted octanol–water partition coefficient (Wildman–Crippen LogP) is 1.18. The number of nitrogens with one attached hydrogen (secondary N) is 1. The first-order valence-corrected chi connectivity index (χ1v) is 5.98. The van der Waals surface area contributed by atoms with Crippen molar-refractivity contribution in [3.63, 3.8) is 0 Å². The van der Waals surface area contributed by atoms with Crippen LogP contribution in [0.2, 0.25) is 0 Å². The Morgan fingerprint density at radius 1 is 1.50 bits per heavy atom. The Kier molecular flexibility index (Phi) is 5.09. The van der Waals surface area contributed by atoms with E-state index in [1.54, 1.807) is 14.0 Å². The van der Waals surface area contributed by atoms with Crippen LogP contribution >= 0.6 is 0 Å². The maximum absolute atomic E-state index is 12.0. The van der Waals surface area contributed by atoms with Gasteiger partial charge in [-0.25, -0.2) is 0 Å². The summed E-state index contributed by atoms with van der Waals surface area (Å²) < 4.78 is 5.37. The smallest absolute Gasteiger partial charge is 0.259 e. The molecule has 1 heterocycles. The summed E-state index contributed by atoms with van der Waals surface area (Å²) in [4.78, 5) is 28.0. The van der Waals surface area contributed by atoms with Crippen molar-refractivity contribution in [3.05, 3.63) is 33.7 Å². The van der Waals surface area contributed by atoms with Crippen LogP contribution in [0.5, 0.6) is 0 Å². The zero-order chi connectivity index (χ0) is 13.7. The van der Waals surface area contributed by atoms with E-state index < -0.39 is 0 Å². The van der Waals surface area contributed by atoms with Crippen molar-refractivity contribution in [1.29, 1.82) is 0 Å². The fourth-order valence-corrected chi connectivity index (χ4v) is 1.47. The van der Waals surface area contributed by atoms with Crippen molar-refractivity contribution in [3.8, 4) is 0 Å². The first kappa shape index (κ1) is 14.4. The van der Waals surface area contributed by atoms with Gasteiger partial charge in [0.1, 0.15) is 5.56 Å². The second-order valence-corrected chi connectivity index (χ2v) is 4.54. The Morgan fingerprint density at radius 3 is 2.72 bits per heavy atom. The summed E-state index contributed by atoms with van der Waals surface area (Å²) in [7, 11) is 1.66. The van der Waals surface area contributed by atoms with E-state index in [2.05, 4.69) is 4.98 Å². The number of nitrogens with zero attached hydrogens (tertiary/aromatic N) is 1. The number of aromatic amines is 1. The molecular formula is C13H20N2O3. The number of aryl methyl sites for hydroxylation is 1. The largest absolute Gasteiger partial charge is 0.377 e. The van der Waals surface area contributed by atoms with Crippen LogP contribution in [-0.2, 0) is 4.74 Å². The van der Waals surface area contributed by atoms with Crippen LogP contribution in [0.15, 0.2) is 17.1 Å². The van der Waals surface area contributed by atoms with Crippen LogP contribution in [0.25, 0.3) is 0 Å². The zero-order valence-electron chi connectivity index (χ0n) is 11.3. The first-order chi connectivity index (χ1) is 8.41. The van der Waals surface area contributed by atoms with Gasteiger partial charge < -0.3 is 14.6 Å². The molecule has 0 aliphatic carbocycles. The van der Waals surface area contributed by atoms with E-state index in [9.17, 15) is 9.59 Å². The molecule has 1 aromatic rings. The van der Waals surface area contributed by atoms with E-state index in [1.165, 1.54) is 17.2 Å². The molecule has 0 aliphatic rings. The van der Waals surface area contributed by atoms with Gasteiger partial charge in [-0.05, 0) is 20.8 Å². The first-order valence-electron chi connectivity index (χ1n) is 5.98. The number of aromatic nitrogens is 1. The molecule has 0 aromatic carbocycles. The summed E-state index contributed by atoms with van der Waals surface area (Å²) >= 11 is 0. The molecule has 1 amide bonds. The molecule has 0 spiro atoms. The summed E-state index contributed by atoms with van der Waals surface area (Å²) in [6, 6.07) is 1.42. The lowest BCUT2D eigenvalue weighted by molar-refractivity contribution is 0.0531. The molecule has 18 heavy (non-hydrogen) atoms. The second-order valence-electron chi connectivity index (χ2n) is 4.54. The normalized spacial score (nSPS) is 10.7. The number of amides is 1. The van der Waals surface area contributed by atoms with Gasteiger partial charge in [0.2, 0.25) is 0 Å². The maximum atomic E-state index is 12.0. The molecule has 0 saturated heterocycles. The zero-order valence-corrected chi connectivity index (χ0v) is 11.3. The third-order valence-electron chi connectivity index (χ3n) is 2.51. The highest BCUT2D eigenvalue weighted by atomic mass is 16.5. The fraction of sp³-hybridized carbons (Fsp3) is 0.538. The highest BCUT2D eigenvalue weighted by Gasteiger charge is 2.15. The molecule has 0 fully saturated rings. The quantitative estimate of drug-likeness (QED) is 0.856. The minimum Gasteiger partial charge on any atom is -0.377 e. The lowest BCUT2D eigenvalue weighted by atomic mass is 10.2. The molecular weight excluding hydrogens is 232 g/mol. The highest BCUT2D eigenvalue weighted by Crippen LogP contribution is 1.98. The van der Waals surface area contributed by atoms with Crippen LogP contribution in [0, 0.1) is 6.92 Å². The summed E-state index contributed by atoms with van der Waals surface area (Å²) in [5, 5.41) is 0. The summed E-state index contributed by atoms with van der Waals surface area (Å²) in [5.74, 6) is -0.288. The number of H-pyrrole nitrogens is 1. The summed E-state index contributed by atoms with van der Waals surface area (Å²) in [6.07, 6.45) is 1.59. The monoisotopic (exact) mass is 252 g/mol. The number of likely N-dealkylation sites (N-methyl/N-ethyl adjacent to an activating group) is 1. The summed E-state index contributed by atoms with van der Waals surface area (Å²) in [6.45, 7) is 6.57. The number of carbonyl (C=O) groups is 1. The van der Waals surface area contributed by atoms with Crippen molar-refractivity contribution < 1.29 is 9.53 Å². The molecule has 1 N–H and O–H groups in total. The van der Waals surface area contributed by atoms with Gasteiger partial charge in [-0.15, -0.1) is 0 Å². The summed E-state index contributed by atoms with van der Waals surface area (Å²) in [5.41, 5.74) is 0.642. The molecule has 0 saturated carbocycles. The Morgan fingerprint density at radius 2 is 2.17 bits per heavy atom. The molecule has 0 aliphatic heterocycles. The van der Waals surface area contributed by atoms with Crippen LogP contribution < -0.4 is 5.43 Å². The highest BCUT2D eigenvalue weighted by molar-refractivity contribution is 5.93.